The smallest absolute Gasteiger partial charge is 0.241 e. The van der Waals surface area contributed by atoms with Crippen LogP contribution in [-0.4, -0.2) is 37.4 Å². The molecule has 1 atom stereocenters. The van der Waals surface area contributed by atoms with Gasteiger partial charge in [-0.25, -0.2) is 13.4 Å². The molecule has 134 valence electrons. The number of nitrogens with two attached hydrogens (primary N) is 1. The average molecular weight is 380 g/mol. The quantitative estimate of drug-likeness (QED) is 0.681. The first-order valence-electron chi connectivity index (χ1n) is 7.70. The van der Waals surface area contributed by atoms with Gasteiger partial charge in [-0.15, -0.1) is 11.8 Å². The third-order valence-corrected chi connectivity index (χ3v) is 5.35. The van der Waals surface area contributed by atoms with Crippen molar-refractivity contribution < 1.29 is 13.2 Å². The van der Waals surface area contributed by atoms with Crippen molar-refractivity contribution in [1.82, 2.24) is 4.98 Å². The third kappa shape index (κ3) is 7.25. The van der Waals surface area contributed by atoms with Gasteiger partial charge in [0.2, 0.25) is 5.91 Å². The van der Waals surface area contributed by atoms with Crippen LogP contribution in [0, 0.1) is 0 Å². The van der Waals surface area contributed by atoms with Gasteiger partial charge in [0.1, 0.15) is 9.84 Å². The van der Waals surface area contributed by atoms with Crippen molar-refractivity contribution in [1.29, 1.82) is 0 Å². The summed E-state index contributed by atoms with van der Waals surface area (Å²) >= 11 is 1.60. The van der Waals surface area contributed by atoms with E-state index in [2.05, 4.69) is 10.3 Å². The van der Waals surface area contributed by atoms with Crippen LogP contribution < -0.4 is 11.1 Å². The van der Waals surface area contributed by atoms with Gasteiger partial charge in [-0.2, -0.15) is 0 Å². The number of amides is 1. The number of pyridine rings is 1. The van der Waals surface area contributed by atoms with E-state index in [1.807, 2.05) is 36.4 Å². The van der Waals surface area contributed by atoms with Crippen molar-refractivity contribution in [3.05, 3.63) is 54.2 Å². The van der Waals surface area contributed by atoms with Crippen LogP contribution in [0.15, 0.2) is 53.7 Å². The molecule has 0 aliphatic carbocycles. The highest BCUT2D eigenvalue weighted by atomic mass is 32.2. The molecule has 0 radical (unpaired) electrons. The molecule has 0 aliphatic rings. The minimum absolute atomic E-state index is 0.0971. The maximum absolute atomic E-state index is 12.1. The van der Waals surface area contributed by atoms with E-state index in [-0.39, 0.29) is 12.2 Å². The monoisotopic (exact) mass is 379 g/mol. The number of nitrogens with one attached hydrogen (secondary N) is 1. The lowest BCUT2D eigenvalue weighted by Crippen LogP contribution is -2.37. The summed E-state index contributed by atoms with van der Waals surface area (Å²) in [7, 11) is -3.13. The second-order valence-electron chi connectivity index (χ2n) is 5.67. The van der Waals surface area contributed by atoms with Crippen LogP contribution in [0.4, 0.5) is 5.69 Å². The minimum atomic E-state index is -3.13. The van der Waals surface area contributed by atoms with Crippen LogP contribution >= 0.6 is 11.8 Å². The van der Waals surface area contributed by atoms with Gasteiger partial charge in [-0.1, -0.05) is 18.2 Å². The van der Waals surface area contributed by atoms with Gasteiger partial charge in [-0.3, -0.25) is 4.79 Å². The fraction of sp³-hybridized carbons (Fsp3) is 0.294. The zero-order chi connectivity index (χ0) is 18.3. The summed E-state index contributed by atoms with van der Waals surface area (Å²) in [5, 5.41) is 3.66. The predicted octanol–water partition coefficient (Wildman–Crippen LogP) is 2.07. The molecule has 0 spiro atoms. The predicted molar refractivity (Wildman–Crippen MR) is 101 cm³/mol. The molecule has 0 fully saturated rings. The molecule has 0 saturated heterocycles. The molecule has 2 aromatic rings. The number of carbonyl (C=O) groups excluding carboxylic acids is 1. The lowest BCUT2D eigenvalue weighted by molar-refractivity contribution is -0.117. The van der Waals surface area contributed by atoms with Gasteiger partial charge in [0.15, 0.2) is 0 Å². The number of hydrogen-bond acceptors (Lipinski definition) is 6. The Kier molecular flexibility index (Phi) is 6.98. The number of nitrogens with zero attached hydrogens (tertiary/aromatic N) is 1. The molecule has 1 heterocycles. The molecule has 1 unspecified atom stereocenters. The number of benzene rings is 1. The third-order valence-electron chi connectivity index (χ3n) is 3.36. The van der Waals surface area contributed by atoms with Gasteiger partial charge < -0.3 is 11.1 Å². The first-order chi connectivity index (χ1) is 11.8. The molecular formula is C17H21N3O3S2. The van der Waals surface area contributed by atoms with E-state index in [9.17, 15) is 13.2 Å². The number of sulfone groups is 1. The normalized spacial score (nSPS) is 12.6. The summed E-state index contributed by atoms with van der Waals surface area (Å²) in [6.45, 7) is 0. The highest BCUT2D eigenvalue weighted by Crippen LogP contribution is 2.22. The second kappa shape index (κ2) is 8.98. The Morgan fingerprint density at radius 2 is 2.08 bits per heavy atom. The summed E-state index contributed by atoms with van der Waals surface area (Å²) in [4.78, 5) is 16.3. The molecule has 0 aliphatic heterocycles. The van der Waals surface area contributed by atoms with Crippen molar-refractivity contribution in [2.24, 2.45) is 5.73 Å². The molecule has 1 amide bonds. The molecule has 1 aromatic carbocycles. The maximum atomic E-state index is 12.1. The van der Waals surface area contributed by atoms with Crippen LogP contribution in [0.1, 0.15) is 12.0 Å². The molecule has 8 heteroatoms. The van der Waals surface area contributed by atoms with E-state index in [1.165, 1.54) is 0 Å². The number of aromatic nitrogens is 1. The van der Waals surface area contributed by atoms with Crippen molar-refractivity contribution in [3.63, 3.8) is 0 Å². The topological polar surface area (TPSA) is 102 Å². The van der Waals surface area contributed by atoms with Gasteiger partial charge in [-0.05, 0) is 36.2 Å². The Hall–Kier alpha value is -1.90. The van der Waals surface area contributed by atoms with E-state index < -0.39 is 21.8 Å². The van der Waals surface area contributed by atoms with Crippen molar-refractivity contribution >= 4 is 33.2 Å². The summed E-state index contributed by atoms with van der Waals surface area (Å²) in [5.41, 5.74) is 7.43. The lowest BCUT2D eigenvalue weighted by Gasteiger charge is -2.12. The molecule has 1 aromatic heterocycles. The summed E-state index contributed by atoms with van der Waals surface area (Å²) in [6, 6.07) is 12.4. The van der Waals surface area contributed by atoms with Gasteiger partial charge in [0.05, 0.1) is 16.8 Å². The van der Waals surface area contributed by atoms with Gasteiger partial charge in [0, 0.05) is 23.9 Å². The molecule has 6 nitrogen and oxygen atoms in total. The number of rotatable bonds is 8. The Bertz CT molecular complexity index is 811. The summed E-state index contributed by atoms with van der Waals surface area (Å²) in [6.07, 6.45) is 2.97. The molecule has 2 rings (SSSR count). The fourth-order valence-electron chi connectivity index (χ4n) is 2.04. The van der Waals surface area contributed by atoms with Crippen molar-refractivity contribution in [2.45, 2.75) is 23.2 Å². The van der Waals surface area contributed by atoms with Crippen molar-refractivity contribution in [2.75, 3.05) is 17.3 Å². The molecule has 3 N–H and O–H groups in total. The van der Waals surface area contributed by atoms with Gasteiger partial charge in [0.25, 0.3) is 0 Å². The zero-order valence-corrected chi connectivity index (χ0v) is 15.5. The van der Waals surface area contributed by atoms with E-state index in [4.69, 9.17) is 5.73 Å². The number of hydrogen-bond donors (Lipinski definition) is 2. The molecule has 25 heavy (non-hydrogen) atoms. The SMILES string of the molecule is CS(=O)(=O)CCC(N)C(=O)Nc1cccc(CSc2ccccn2)c1. The van der Waals surface area contributed by atoms with Crippen LogP contribution in [0.25, 0.3) is 0 Å². The second-order valence-corrected chi connectivity index (χ2v) is 8.93. The molecule has 0 saturated carbocycles. The van der Waals surface area contributed by atoms with Gasteiger partial charge >= 0.3 is 0 Å². The summed E-state index contributed by atoms with van der Waals surface area (Å²) in [5.74, 6) is 0.224. The maximum Gasteiger partial charge on any atom is 0.241 e. The summed E-state index contributed by atoms with van der Waals surface area (Å²) < 4.78 is 22.3. The Balaban J connectivity index is 1.90. The van der Waals surface area contributed by atoms with E-state index in [1.54, 1.807) is 24.0 Å². The molecule has 0 bridgehead atoms. The first kappa shape index (κ1) is 19.4. The van der Waals surface area contributed by atoms with Crippen LogP contribution in [0.2, 0.25) is 0 Å². The lowest BCUT2D eigenvalue weighted by atomic mass is 10.2. The highest BCUT2D eigenvalue weighted by Gasteiger charge is 2.16. The largest absolute Gasteiger partial charge is 0.325 e. The van der Waals surface area contributed by atoms with Crippen LogP contribution in [0.3, 0.4) is 0 Å². The average Bonchev–Trinajstić information content (AvgIpc) is 2.58. The fourth-order valence-corrected chi connectivity index (χ4v) is 3.52. The standard InChI is InChI=1S/C17H21N3O3S2/c1-25(22,23)10-8-15(18)17(21)20-14-6-4-5-13(11-14)12-24-16-7-2-3-9-19-16/h2-7,9,11,15H,8,10,12,18H2,1H3,(H,20,21). The van der Waals surface area contributed by atoms with Crippen LogP contribution in [0.5, 0.6) is 0 Å². The van der Waals surface area contributed by atoms with Crippen molar-refractivity contribution in [3.8, 4) is 0 Å². The van der Waals surface area contributed by atoms with E-state index >= 15 is 0 Å². The van der Waals surface area contributed by atoms with E-state index in [0.29, 0.717) is 5.69 Å². The highest BCUT2D eigenvalue weighted by molar-refractivity contribution is 7.98. The van der Waals surface area contributed by atoms with Crippen LogP contribution in [-0.2, 0) is 20.4 Å². The number of thioether (sulfide) groups is 1. The zero-order valence-electron chi connectivity index (χ0n) is 13.9. The Morgan fingerprint density at radius 3 is 2.76 bits per heavy atom. The Morgan fingerprint density at radius 1 is 1.28 bits per heavy atom. The number of carbonyl (C=O) groups is 1. The molecular weight excluding hydrogens is 358 g/mol. The minimum Gasteiger partial charge on any atom is -0.325 e. The van der Waals surface area contributed by atoms with E-state index in [0.717, 1.165) is 22.6 Å². The number of anilines is 1. The first-order valence-corrected chi connectivity index (χ1v) is 10.7. The Labute approximate surface area is 152 Å².